The summed E-state index contributed by atoms with van der Waals surface area (Å²) >= 11 is 1.36. The van der Waals surface area contributed by atoms with Crippen molar-refractivity contribution < 1.29 is 9.59 Å². The zero-order valence-corrected chi connectivity index (χ0v) is 19.0. The number of carbonyl (C=O) groups is 2. The van der Waals surface area contributed by atoms with Gasteiger partial charge in [0.15, 0.2) is 11.0 Å². The normalized spacial score (nSPS) is 15.6. The Morgan fingerprint density at radius 1 is 1.28 bits per heavy atom. The Hall–Kier alpha value is -3.40. The van der Waals surface area contributed by atoms with Crippen molar-refractivity contribution in [3.05, 3.63) is 48.5 Å². The van der Waals surface area contributed by atoms with Crippen LogP contribution in [0.3, 0.4) is 0 Å². The Morgan fingerprint density at radius 3 is 2.84 bits per heavy atom. The summed E-state index contributed by atoms with van der Waals surface area (Å²) in [4.78, 5) is 27.9. The van der Waals surface area contributed by atoms with Crippen molar-refractivity contribution in [2.45, 2.75) is 38.0 Å². The van der Waals surface area contributed by atoms with Gasteiger partial charge in [-0.1, -0.05) is 23.9 Å². The molecular weight excluding hydrogens is 426 g/mol. The molecule has 0 radical (unpaired) electrons. The number of rotatable bonds is 7. The van der Waals surface area contributed by atoms with Crippen LogP contribution in [0.1, 0.15) is 20.3 Å². The van der Waals surface area contributed by atoms with E-state index < -0.39 is 0 Å². The van der Waals surface area contributed by atoms with Crippen molar-refractivity contribution in [1.29, 1.82) is 0 Å². The Kier molecular flexibility index (Phi) is 6.40. The molecular formula is C22H25N7O2S. The van der Waals surface area contributed by atoms with Crippen molar-refractivity contribution in [3.8, 4) is 11.4 Å². The monoisotopic (exact) mass is 451 g/mol. The molecule has 0 aliphatic heterocycles. The summed E-state index contributed by atoms with van der Waals surface area (Å²) in [6.07, 6.45) is 8.01. The lowest BCUT2D eigenvalue weighted by Crippen LogP contribution is -2.35. The lowest BCUT2D eigenvalue weighted by Gasteiger charge is -2.18. The van der Waals surface area contributed by atoms with Gasteiger partial charge in [0.1, 0.15) is 0 Å². The van der Waals surface area contributed by atoms with Gasteiger partial charge in [-0.25, -0.2) is 4.98 Å². The number of nitrogens with zero attached hydrogens (tertiary/aromatic N) is 5. The Balaban J connectivity index is 1.39. The van der Waals surface area contributed by atoms with Crippen LogP contribution in [0.5, 0.6) is 0 Å². The molecule has 0 fully saturated rings. The minimum atomic E-state index is -0.112. The van der Waals surface area contributed by atoms with E-state index in [4.69, 9.17) is 0 Å². The Labute approximate surface area is 190 Å². The molecule has 1 aromatic carbocycles. The van der Waals surface area contributed by atoms with E-state index in [1.165, 1.54) is 18.7 Å². The topological polar surface area (TPSA) is 107 Å². The molecule has 1 aliphatic rings. The maximum Gasteiger partial charge on any atom is 0.230 e. The molecule has 0 bridgehead atoms. The summed E-state index contributed by atoms with van der Waals surface area (Å²) in [6, 6.07) is 5.93. The smallest absolute Gasteiger partial charge is 0.230 e. The highest BCUT2D eigenvalue weighted by molar-refractivity contribution is 7.99. The fraction of sp³-hybridized carbons (Fsp3) is 0.318. The van der Waals surface area contributed by atoms with E-state index in [1.807, 2.05) is 53.5 Å². The Bertz CT molecular complexity index is 1220. The second kappa shape index (κ2) is 9.39. The van der Waals surface area contributed by atoms with Crippen LogP contribution in [0.15, 0.2) is 53.6 Å². The number of nitrogens with one attached hydrogen (secondary N) is 2. The minimum Gasteiger partial charge on any atom is -0.349 e. The fourth-order valence-corrected chi connectivity index (χ4v) is 4.37. The summed E-state index contributed by atoms with van der Waals surface area (Å²) in [7, 11) is 1.96. The van der Waals surface area contributed by atoms with E-state index in [0.29, 0.717) is 18.1 Å². The molecule has 2 heterocycles. The number of aromatic nitrogens is 5. The maximum absolute atomic E-state index is 12.5. The van der Waals surface area contributed by atoms with Gasteiger partial charge in [0.05, 0.1) is 29.2 Å². The third kappa shape index (κ3) is 4.75. The summed E-state index contributed by atoms with van der Waals surface area (Å²) in [5, 5.41) is 15.1. The summed E-state index contributed by atoms with van der Waals surface area (Å²) in [5.74, 6) is 0.819. The van der Waals surface area contributed by atoms with Crippen LogP contribution in [-0.2, 0) is 23.2 Å². The molecule has 1 unspecified atom stereocenters. The van der Waals surface area contributed by atoms with Gasteiger partial charge in [-0.3, -0.25) is 9.59 Å². The molecule has 1 aliphatic carbocycles. The van der Waals surface area contributed by atoms with Gasteiger partial charge in [-0.2, -0.15) is 0 Å². The highest BCUT2D eigenvalue weighted by atomic mass is 32.2. The second-order valence-corrected chi connectivity index (χ2v) is 8.45. The highest BCUT2D eigenvalue weighted by Crippen LogP contribution is 2.26. The largest absolute Gasteiger partial charge is 0.349 e. The van der Waals surface area contributed by atoms with E-state index in [0.717, 1.165) is 28.1 Å². The number of fused-ring (bicyclic) bond motifs is 1. The summed E-state index contributed by atoms with van der Waals surface area (Å²) in [5.41, 5.74) is 3.67. The lowest BCUT2D eigenvalue weighted by molar-refractivity contribution is -0.119. The van der Waals surface area contributed by atoms with Crippen LogP contribution in [0.2, 0.25) is 0 Å². The third-order valence-electron chi connectivity index (χ3n) is 5.12. The average Bonchev–Trinajstić information content (AvgIpc) is 3.36. The zero-order valence-electron chi connectivity index (χ0n) is 18.2. The van der Waals surface area contributed by atoms with Crippen LogP contribution in [-0.4, -0.2) is 47.9 Å². The number of aryl methyl sites for hydroxylation is 1. The molecule has 0 saturated carbocycles. The molecule has 0 saturated heterocycles. The Morgan fingerprint density at radius 2 is 2.12 bits per heavy atom. The third-order valence-corrected chi connectivity index (χ3v) is 6.08. The molecule has 10 heteroatoms. The summed E-state index contributed by atoms with van der Waals surface area (Å²) in [6.45, 7) is 4.20. The standard InChI is InChI=1S/C22H25N7O2S/c1-4-29-21(15-5-10-18-19(11-15)28(3)13-23-18)26-27-22(29)32-12-20(31)25-17-8-6-16(7-9-17)24-14(2)30/h5-8,10-11,13,17H,4,9,12H2,1-3H3,(H,24,30)(H,25,31). The maximum atomic E-state index is 12.5. The van der Waals surface area contributed by atoms with E-state index in [1.54, 1.807) is 6.33 Å². The van der Waals surface area contributed by atoms with Crippen molar-refractivity contribution in [3.63, 3.8) is 0 Å². The van der Waals surface area contributed by atoms with Gasteiger partial charge in [0, 0.05) is 31.8 Å². The molecule has 1 atom stereocenters. The quantitative estimate of drug-likeness (QED) is 0.534. The van der Waals surface area contributed by atoms with Crippen LogP contribution in [0.25, 0.3) is 22.4 Å². The van der Waals surface area contributed by atoms with Crippen LogP contribution in [0, 0.1) is 0 Å². The number of thioether (sulfide) groups is 1. The van der Waals surface area contributed by atoms with Gasteiger partial charge in [0.25, 0.3) is 0 Å². The first kappa shape index (κ1) is 21.8. The number of allylic oxidation sites excluding steroid dienone is 1. The molecule has 166 valence electrons. The van der Waals surface area contributed by atoms with Gasteiger partial charge < -0.3 is 19.8 Å². The van der Waals surface area contributed by atoms with Crippen LogP contribution >= 0.6 is 11.8 Å². The van der Waals surface area contributed by atoms with Gasteiger partial charge in [-0.05, 0) is 37.6 Å². The first-order valence-corrected chi connectivity index (χ1v) is 11.4. The van der Waals surface area contributed by atoms with Crippen LogP contribution < -0.4 is 10.6 Å². The van der Waals surface area contributed by atoms with Crippen molar-refractivity contribution in [2.24, 2.45) is 7.05 Å². The van der Waals surface area contributed by atoms with E-state index in [-0.39, 0.29) is 23.6 Å². The van der Waals surface area contributed by atoms with Crippen LogP contribution in [0.4, 0.5) is 0 Å². The predicted molar refractivity (Wildman–Crippen MR) is 124 cm³/mol. The first-order valence-electron chi connectivity index (χ1n) is 10.4. The zero-order chi connectivity index (χ0) is 22.7. The summed E-state index contributed by atoms with van der Waals surface area (Å²) < 4.78 is 3.98. The number of imidazole rings is 1. The van der Waals surface area contributed by atoms with Crippen molar-refractivity contribution in [2.75, 3.05) is 5.75 Å². The highest BCUT2D eigenvalue weighted by Gasteiger charge is 2.17. The molecule has 0 spiro atoms. The van der Waals surface area contributed by atoms with Gasteiger partial charge >= 0.3 is 0 Å². The second-order valence-electron chi connectivity index (χ2n) is 7.51. The first-order chi connectivity index (χ1) is 15.4. The van der Waals surface area contributed by atoms with E-state index in [2.05, 4.69) is 31.9 Å². The number of hydrogen-bond acceptors (Lipinski definition) is 6. The van der Waals surface area contributed by atoms with Crippen molar-refractivity contribution >= 4 is 34.6 Å². The van der Waals surface area contributed by atoms with Crippen molar-refractivity contribution in [1.82, 2.24) is 34.9 Å². The average molecular weight is 452 g/mol. The molecule has 3 aromatic rings. The van der Waals surface area contributed by atoms with Gasteiger partial charge in [-0.15, -0.1) is 10.2 Å². The van der Waals surface area contributed by atoms with E-state index >= 15 is 0 Å². The molecule has 2 N–H and O–H groups in total. The predicted octanol–water partition coefficient (Wildman–Crippen LogP) is 2.41. The number of amides is 2. The van der Waals surface area contributed by atoms with E-state index in [9.17, 15) is 9.59 Å². The molecule has 2 aromatic heterocycles. The number of carbonyl (C=O) groups excluding carboxylic acids is 2. The van der Waals surface area contributed by atoms with Gasteiger partial charge in [0.2, 0.25) is 11.8 Å². The molecule has 9 nitrogen and oxygen atoms in total. The molecule has 32 heavy (non-hydrogen) atoms. The lowest BCUT2D eigenvalue weighted by atomic mass is 10.1. The fourth-order valence-electron chi connectivity index (χ4n) is 3.56. The number of hydrogen-bond donors (Lipinski definition) is 2. The molecule has 2 amide bonds. The SMILES string of the molecule is CCn1c(SCC(=O)NC2C=CC(NC(C)=O)=CC2)nnc1-c1ccc2ncn(C)c2c1. The molecule has 4 rings (SSSR count). The number of benzene rings is 1. The minimum absolute atomic E-state index is 0.0791.